The van der Waals surface area contributed by atoms with Gasteiger partial charge in [0.1, 0.15) is 0 Å². The van der Waals surface area contributed by atoms with Gasteiger partial charge in [-0.25, -0.2) is 4.31 Å². The van der Waals surface area contributed by atoms with E-state index in [9.17, 15) is 18.9 Å². The predicted octanol–water partition coefficient (Wildman–Crippen LogP) is 3.29. The summed E-state index contributed by atoms with van der Waals surface area (Å²) in [6.07, 6.45) is 0. The molecule has 0 amide bonds. The molecule has 4 N–H and O–H groups in total. The average Bonchev–Trinajstić information content (AvgIpc) is 2.64. The number of benzene rings is 3. The Balaban J connectivity index is 0.000000290. The van der Waals surface area contributed by atoms with Crippen LogP contribution in [0, 0.1) is 0 Å². The highest BCUT2D eigenvalue weighted by Gasteiger charge is 2.35. The lowest BCUT2D eigenvalue weighted by Crippen LogP contribution is -2.10. The fourth-order valence-corrected chi connectivity index (χ4v) is 4.98. The minimum atomic E-state index is -4.34. The van der Waals surface area contributed by atoms with Crippen LogP contribution in [0.1, 0.15) is 0 Å². The Hall–Kier alpha value is -2.20. The molecule has 6 nitrogen and oxygen atoms in total. The van der Waals surface area contributed by atoms with Crippen LogP contribution in [0.3, 0.4) is 0 Å². The predicted molar refractivity (Wildman–Crippen MR) is 104 cm³/mol. The first-order chi connectivity index (χ1) is 12.3. The molecule has 0 fully saturated rings. The molecule has 0 heterocycles. The summed E-state index contributed by atoms with van der Waals surface area (Å²) in [5.41, 5.74) is 6.18. The Morgan fingerprint density at radius 3 is 1.19 bits per heavy atom. The van der Waals surface area contributed by atoms with Crippen molar-refractivity contribution >= 4 is 31.5 Å². The van der Waals surface area contributed by atoms with Crippen molar-refractivity contribution in [3.05, 3.63) is 91.0 Å². The zero-order chi connectivity index (χ0) is 19.0. The van der Waals surface area contributed by atoms with Gasteiger partial charge in [0.2, 0.25) is 0 Å². The number of nitrogen functional groups attached to an aromatic ring is 1. The quantitative estimate of drug-likeness (QED) is 0.465. The van der Waals surface area contributed by atoms with Crippen LogP contribution in [0.2, 0.25) is 0 Å². The topological polar surface area (TPSA) is 110 Å². The second-order valence-corrected chi connectivity index (χ2v) is 8.97. The van der Waals surface area contributed by atoms with Crippen molar-refractivity contribution in [1.29, 1.82) is 0 Å². The molecule has 0 bridgehead atoms. The van der Waals surface area contributed by atoms with Gasteiger partial charge in [-0.15, -0.1) is 0 Å². The summed E-state index contributed by atoms with van der Waals surface area (Å²) in [4.78, 5) is 19.6. The largest absolute Gasteiger partial charge is 0.399 e. The minimum Gasteiger partial charge on any atom is -0.399 e. The van der Waals surface area contributed by atoms with E-state index in [0.29, 0.717) is 0 Å². The number of rotatable bonds is 4. The van der Waals surface area contributed by atoms with E-state index in [1.165, 1.54) is 24.3 Å². The van der Waals surface area contributed by atoms with Crippen molar-refractivity contribution in [2.24, 2.45) is 0 Å². The second-order valence-electron chi connectivity index (χ2n) is 5.20. The van der Waals surface area contributed by atoms with Crippen LogP contribution >= 0.6 is 15.2 Å². The molecule has 2 atom stereocenters. The van der Waals surface area contributed by atoms with Crippen LogP contribution in [0.4, 0.5) is 5.69 Å². The van der Waals surface area contributed by atoms with Gasteiger partial charge in [-0.05, 0) is 36.4 Å². The molecule has 8 heteroatoms. The summed E-state index contributed by atoms with van der Waals surface area (Å²) >= 11 is 0. The molecule has 0 aliphatic carbocycles. The molecule has 3 rings (SSSR count). The Bertz CT molecular complexity index is 847. The van der Waals surface area contributed by atoms with Gasteiger partial charge in [0, 0.05) is 5.69 Å². The minimum absolute atomic E-state index is 0.0276. The number of hydrogen-bond acceptors (Lipinski definition) is 4. The zero-order valence-corrected chi connectivity index (χ0v) is 15.5. The van der Waals surface area contributed by atoms with Crippen LogP contribution in [-0.4, -0.2) is 9.79 Å². The van der Waals surface area contributed by atoms with Crippen LogP contribution < -0.4 is 16.3 Å². The fraction of sp³-hybridized carbons (Fsp3) is 0. The highest BCUT2D eigenvalue weighted by Crippen LogP contribution is 2.57. The number of para-hydroxylation sites is 1. The van der Waals surface area contributed by atoms with Crippen LogP contribution in [0.15, 0.2) is 91.0 Å². The van der Waals surface area contributed by atoms with Crippen molar-refractivity contribution in [3.8, 4) is 0 Å². The summed E-state index contributed by atoms with van der Waals surface area (Å²) in [5, 5.41) is -0.0552. The zero-order valence-electron chi connectivity index (χ0n) is 13.8. The molecule has 0 saturated heterocycles. The molecule has 0 saturated carbocycles. The second kappa shape index (κ2) is 8.95. The lowest BCUT2D eigenvalue weighted by molar-refractivity contribution is 0.349. The third-order valence-corrected chi connectivity index (χ3v) is 6.86. The van der Waals surface area contributed by atoms with E-state index in [2.05, 4.69) is 4.31 Å². The molecular weight excluding hydrogens is 372 g/mol. The highest BCUT2D eigenvalue weighted by molar-refractivity contribution is 7.74. The lowest BCUT2D eigenvalue weighted by atomic mass is 10.3. The van der Waals surface area contributed by atoms with Gasteiger partial charge in [0.25, 0.3) is 0 Å². The fourth-order valence-electron chi connectivity index (χ4n) is 1.93. The van der Waals surface area contributed by atoms with Crippen molar-refractivity contribution in [1.82, 2.24) is 0 Å². The van der Waals surface area contributed by atoms with Gasteiger partial charge in [-0.2, -0.15) is 0 Å². The van der Waals surface area contributed by atoms with E-state index in [4.69, 9.17) is 5.73 Å². The number of hydrogen-bond donors (Lipinski definition) is 3. The smallest absolute Gasteiger partial charge is 0.366 e. The molecule has 0 spiro atoms. The summed E-state index contributed by atoms with van der Waals surface area (Å²) in [6, 6.07) is 24.5. The lowest BCUT2D eigenvalue weighted by Gasteiger charge is -2.16. The molecule has 3 aromatic rings. The normalized spacial score (nSPS) is 15.0. The van der Waals surface area contributed by atoms with Crippen molar-refractivity contribution in [2.75, 3.05) is 5.73 Å². The van der Waals surface area contributed by atoms with E-state index in [1.807, 2.05) is 30.3 Å². The van der Waals surface area contributed by atoms with Crippen LogP contribution in [0.25, 0.3) is 0 Å². The first-order valence-corrected chi connectivity index (χ1v) is 10.8. The van der Waals surface area contributed by atoms with Crippen molar-refractivity contribution in [2.45, 2.75) is 0 Å². The van der Waals surface area contributed by atoms with Gasteiger partial charge in [-0.1, -0.05) is 54.6 Å². The molecular formula is C18H19NO5P2. The molecule has 0 aromatic heterocycles. The van der Waals surface area contributed by atoms with Crippen LogP contribution in [0.5, 0.6) is 0 Å². The standard InChI is InChI=1S/C12H12O5P2.C6H7N/c13-18(14,11-7-3-1-4-8-11)17-19(15,16)12-9-5-2-6-10-12;7-6-4-2-1-3-5-6/h1-10H,(H,13,14)(H,15,16);1-5H,7H2. The van der Waals surface area contributed by atoms with Gasteiger partial charge in [-0.3, -0.25) is 9.13 Å². The Labute approximate surface area is 152 Å². The molecule has 136 valence electrons. The number of anilines is 1. The van der Waals surface area contributed by atoms with Crippen molar-refractivity contribution < 1.29 is 23.2 Å². The van der Waals surface area contributed by atoms with E-state index >= 15 is 0 Å². The summed E-state index contributed by atoms with van der Waals surface area (Å²) in [7, 11) is -8.69. The molecule has 3 aromatic carbocycles. The molecule has 0 aliphatic heterocycles. The van der Waals surface area contributed by atoms with Crippen LogP contribution in [-0.2, 0) is 13.4 Å². The number of nitrogens with two attached hydrogens (primary N) is 1. The van der Waals surface area contributed by atoms with E-state index in [0.717, 1.165) is 5.69 Å². The van der Waals surface area contributed by atoms with E-state index in [-0.39, 0.29) is 10.6 Å². The Kier molecular flexibility index (Phi) is 6.92. The Morgan fingerprint density at radius 1 is 0.615 bits per heavy atom. The Morgan fingerprint density at radius 2 is 0.923 bits per heavy atom. The van der Waals surface area contributed by atoms with Gasteiger partial charge in [0.15, 0.2) is 0 Å². The molecule has 2 unspecified atom stereocenters. The first kappa shape index (κ1) is 20.1. The third-order valence-electron chi connectivity index (χ3n) is 3.19. The van der Waals surface area contributed by atoms with Gasteiger partial charge in [0.05, 0.1) is 10.6 Å². The summed E-state index contributed by atoms with van der Waals surface area (Å²) in [5.74, 6) is 0. The van der Waals surface area contributed by atoms with Gasteiger partial charge < -0.3 is 15.5 Å². The SMILES string of the molecule is Nc1ccccc1.O=P(O)(OP(=O)(O)c1ccccc1)c1ccccc1. The highest BCUT2D eigenvalue weighted by atomic mass is 31.3. The maximum absolute atomic E-state index is 12.0. The van der Waals surface area contributed by atoms with Crippen molar-refractivity contribution in [3.63, 3.8) is 0 Å². The third kappa shape index (κ3) is 5.95. The first-order valence-electron chi connectivity index (χ1n) is 7.60. The average molecular weight is 391 g/mol. The maximum atomic E-state index is 12.0. The van der Waals surface area contributed by atoms with E-state index in [1.54, 1.807) is 36.4 Å². The van der Waals surface area contributed by atoms with Gasteiger partial charge >= 0.3 is 15.2 Å². The molecule has 0 aliphatic rings. The maximum Gasteiger partial charge on any atom is 0.366 e. The summed E-state index contributed by atoms with van der Waals surface area (Å²) < 4.78 is 28.6. The summed E-state index contributed by atoms with van der Waals surface area (Å²) in [6.45, 7) is 0. The molecule has 0 radical (unpaired) electrons. The van der Waals surface area contributed by atoms with E-state index < -0.39 is 15.2 Å². The monoisotopic (exact) mass is 391 g/mol. The molecule has 26 heavy (non-hydrogen) atoms.